The maximum atomic E-state index is 14.4. The van der Waals surface area contributed by atoms with Gasteiger partial charge in [-0.15, -0.1) is 0 Å². The zero-order chi connectivity index (χ0) is 33.7. The lowest BCUT2D eigenvalue weighted by Crippen LogP contribution is -2.32. The first-order chi connectivity index (χ1) is 23.0. The zero-order valence-corrected chi connectivity index (χ0v) is 27.3. The first-order valence-electron chi connectivity index (χ1n) is 16.3. The number of alkyl halides is 3. The Morgan fingerprint density at radius 3 is 2.23 bits per heavy atom. The van der Waals surface area contributed by atoms with Crippen molar-refractivity contribution in [3.05, 3.63) is 130 Å². The fourth-order valence-electron chi connectivity index (χ4n) is 6.71. The van der Waals surface area contributed by atoms with E-state index in [0.717, 1.165) is 63.4 Å². The van der Waals surface area contributed by atoms with E-state index in [1.165, 1.54) is 16.6 Å². The number of carbonyl (C=O) groups excluding carboxylic acids is 1. The molecule has 1 aliphatic heterocycles. The molecular formula is C39H36F3N5O. The lowest BCUT2D eigenvalue weighted by atomic mass is 9.77. The van der Waals surface area contributed by atoms with E-state index >= 15 is 0 Å². The van der Waals surface area contributed by atoms with Crippen molar-refractivity contribution in [3.63, 3.8) is 0 Å². The molecule has 0 saturated heterocycles. The number of benzene rings is 3. The molecule has 3 heterocycles. The van der Waals surface area contributed by atoms with Crippen LogP contribution in [0.1, 0.15) is 89.1 Å². The maximum Gasteiger partial charge on any atom is 0.433 e. The van der Waals surface area contributed by atoms with Crippen LogP contribution in [0.3, 0.4) is 0 Å². The lowest BCUT2D eigenvalue weighted by molar-refractivity contribution is -0.142. The highest BCUT2D eigenvalue weighted by Crippen LogP contribution is 2.45. The monoisotopic (exact) mass is 647 g/mol. The number of rotatable bonds is 5. The van der Waals surface area contributed by atoms with E-state index in [1.54, 1.807) is 12.1 Å². The van der Waals surface area contributed by atoms with Crippen molar-refractivity contribution < 1.29 is 18.0 Å². The molecule has 2 aromatic heterocycles. The number of hydrogen-bond acceptors (Lipinski definition) is 4. The average Bonchev–Trinajstić information content (AvgIpc) is 3.68. The number of carbonyl (C=O) groups is 1. The van der Waals surface area contributed by atoms with Gasteiger partial charge in [0.1, 0.15) is 0 Å². The summed E-state index contributed by atoms with van der Waals surface area (Å²) in [6.45, 7) is 8.15. The van der Waals surface area contributed by atoms with Crippen LogP contribution in [0.15, 0.2) is 95.6 Å². The minimum atomic E-state index is -4.73. The van der Waals surface area contributed by atoms with Crippen LogP contribution in [0.4, 0.5) is 13.2 Å². The smallest absolute Gasteiger partial charge is 0.265 e. The summed E-state index contributed by atoms with van der Waals surface area (Å²) >= 11 is 0. The van der Waals surface area contributed by atoms with Gasteiger partial charge in [-0.1, -0.05) is 97.8 Å². The Kier molecular flexibility index (Phi) is 8.01. The quantitative estimate of drug-likeness (QED) is 0.191. The second-order valence-electron chi connectivity index (χ2n) is 13.2. The molecule has 7 rings (SSSR count). The largest absolute Gasteiger partial charge is 0.433 e. The van der Waals surface area contributed by atoms with Crippen LogP contribution in [0.25, 0.3) is 23.0 Å². The van der Waals surface area contributed by atoms with Crippen molar-refractivity contribution in [2.24, 2.45) is 11.0 Å². The number of nitrogens with zero attached hydrogens (tertiary/aromatic N) is 5. The third-order valence-corrected chi connectivity index (χ3v) is 9.36. The first kappa shape index (κ1) is 31.5. The number of hydrazone groups is 1. The number of aromatic nitrogens is 3. The number of aryl methyl sites for hydroxylation is 2. The summed E-state index contributed by atoms with van der Waals surface area (Å²) in [5, 5.41) is 10.6. The topological polar surface area (TPSA) is 62.9 Å². The third-order valence-electron chi connectivity index (χ3n) is 9.36. The van der Waals surface area contributed by atoms with Gasteiger partial charge in [0, 0.05) is 17.5 Å². The summed E-state index contributed by atoms with van der Waals surface area (Å²) in [4.78, 5) is 18.9. The standard InChI is InChI=1S/C39H36F3N5O/c1-23(2)27-16-18-28(19-17-27)32-21-34(39(40,41)42)46-35(43-32)22-33(44-46)38(48)47-37(29-14-10-25(4)11-15-29)31-7-5-6-30(36(31)45-47)20-26-12-8-24(3)9-13-26/h8-23,31,37H,5-7H2,1-4H3/b30-20-/t31-,37+/m0/s1. The van der Waals surface area contributed by atoms with Gasteiger partial charge in [-0.2, -0.15) is 23.4 Å². The molecule has 5 aromatic rings. The molecule has 0 unspecified atom stereocenters. The van der Waals surface area contributed by atoms with E-state index in [2.05, 4.69) is 54.3 Å². The normalized spacial score (nSPS) is 18.9. The summed E-state index contributed by atoms with van der Waals surface area (Å²) in [7, 11) is 0. The van der Waals surface area contributed by atoms with Crippen LogP contribution in [0.5, 0.6) is 0 Å². The minimum Gasteiger partial charge on any atom is -0.265 e. The van der Waals surface area contributed by atoms with Gasteiger partial charge in [-0.05, 0) is 73.4 Å². The van der Waals surface area contributed by atoms with E-state index < -0.39 is 23.8 Å². The average molecular weight is 648 g/mol. The minimum absolute atomic E-state index is 0.0628. The highest BCUT2D eigenvalue weighted by atomic mass is 19.4. The van der Waals surface area contributed by atoms with Crippen LogP contribution < -0.4 is 0 Å². The Balaban J connectivity index is 1.32. The fourth-order valence-corrected chi connectivity index (χ4v) is 6.71. The second-order valence-corrected chi connectivity index (χ2v) is 13.2. The molecule has 9 heteroatoms. The predicted molar refractivity (Wildman–Crippen MR) is 182 cm³/mol. The number of allylic oxidation sites excluding steroid dienone is 1. The van der Waals surface area contributed by atoms with E-state index in [0.29, 0.717) is 5.56 Å². The molecule has 2 aliphatic rings. The number of hydrogen-bond donors (Lipinski definition) is 0. The molecule has 0 spiro atoms. The van der Waals surface area contributed by atoms with Gasteiger partial charge in [0.15, 0.2) is 17.0 Å². The molecule has 0 radical (unpaired) electrons. The zero-order valence-electron chi connectivity index (χ0n) is 27.3. The van der Waals surface area contributed by atoms with Gasteiger partial charge in [0.2, 0.25) is 0 Å². The van der Waals surface area contributed by atoms with Crippen molar-refractivity contribution >= 4 is 23.3 Å². The van der Waals surface area contributed by atoms with Gasteiger partial charge in [0.25, 0.3) is 5.91 Å². The molecule has 1 fully saturated rings. The highest BCUT2D eigenvalue weighted by molar-refractivity contribution is 6.09. The summed E-state index contributed by atoms with van der Waals surface area (Å²) < 4.78 is 44.1. The van der Waals surface area contributed by atoms with Crippen molar-refractivity contribution in [3.8, 4) is 11.3 Å². The lowest BCUT2D eigenvalue weighted by Gasteiger charge is -2.29. The van der Waals surface area contributed by atoms with E-state index in [9.17, 15) is 18.0 Å². The molecule has 1 amide bonds. The van der Waals surface area contributed by atoms with Gasteiger partial charge < -0.3 is 0 Å². The molecule has 1 aliphatic carbocycles. The van der Waals surface area contributed by atoms with Gasteiger partial charge >= 0.3 is 6.18 Å². The van der Waals surface area contributed by atoms with Crippen LogP contribution >= 0.6 is 0 Å². The number of fused-ring (bicyclic) bond motifs is 2. The Morgan fingerprint density at radius 2 is 1.58 bits per heavy atom. The Bertz CT molecular complexity index is 2060. The summed E-state index contributed by atoms with van der Waals surface area (Å²) in [6, 6.07) is 25.5. The van der Waals surface area contributed by atoms with E-state index in [4.69, 9.17) is 5.10 Å². The van der Waals surface area contributed by atoms with Gasteiger partial charge in [0.05, 0.1) is 17.4 Å². The summed E-state index contributed by atoms with van der Waals surface area (Å²) in [5.74, 6) is -0.360. The molecule has 48 heavy (non-hydrogen) atoms. The molecule has 3 aromatic carbocycles. The van der Waals surface area contributed by atoms with Crippen LogP contribution in [-0.4, -0.2) is 31.2 Å². The second kappa shape index (κ2) is 12.2. The molecule has 2 atom stereocenters. The molecular weight excluding hydrogens is 611 g/mol. The van der Waals surface area contributed by atoms with Crippen molar-refractivity contribution in [2.45, 2.75) is 65.1 Å². The highest BCUT2D eigenvalue weighted by Gasteiger charge is 2.45. The van der Waals surface area contributed by atoms with Crippen LogP contribution in [0.2, 0.25) is 0 Å². The maximum absolute atomic E-state index is 14.4. The van der Waals surface area contributed by atoms with Crippen LogP contribution in [0, 0.1) is 19.8 Å². The summed E-state index contributed by atoms with van der Waals surface area (Å²) in [5.41, 5.74) is 6.67. The van der Waals surface area contributed by atoms with Gasteiger partial charge in [-0.25, -0.2) is 14.5 Å². The Labute approximate surface area is 277 Å². The van der Waals surface area contributed by atoms with Crippen molar-refractivity contribution in [2.75, 3.05) is 0 Å². The molecule has 0 N–H and O–H groups in total. The van der Waals surface area contributed by atoms with Gasteiger partial charge in [-0.3, -0.25) is 4.79 Å². The van der Waals surface area contributed by atoms with Crippen LogP contribution in [-0.2, 0) is 6.18 Å². The molecule has 1 saturated carbocycles. The van der Waals surface area contributed by atoms with Crippen molar-refractivity contribution in [1.29, 1.82) is 0 Å². The SMILES string of the molecule is Cc1ccc(/C=C2/CCC[C@H]3C2=NN(C(=O)c2cc4nc(-c5ccc(C(C)C)cc5)cc(C(F)(F)F)n4n2)[C@@H]3c2ccc(C)cc2)cc1. The Morgan fingerprint density at radius 1 is 0.917 bits per heavy atom. The molecule has 6 nitrogen and oxygen atoms in total. The van der Waals surface area contributed by atoms with E-state index in [-0.39, 0.29) is 28.9 Å². The van der Waals surface area contributed by atoms with Crippen molar-refractivity contribution in [1.82, 2.24) is 19.6 Å². The fraction of sp³-hybridized carbons (Fsp3) is 0.282. The third kappa shape index (κ3) is 5.93. The first-order valence-corrected chi connectivity index (χ1v) is 16.3. The summed E-state index contributed by atoms with van der Waals surface area (Å²) in [6.07, 6.45) is -0.0242. The number of amides is 1. The number of halogens is 3. The Hall–Kier alpha value is -5.05. The predicted octanol–water partition coefficient (Wildman–Crippen LogP) is 9.59. The van der Waals surface area contributed by atoms with E-state index in [1.807, 2.05) is 50.2 Å². The molecule has 244 valence electrons. The molecule has 0 bridgehead atoms.